The van der Waals surface area contributed by atoms with Gasteiger partial charge in [0, 0.05) is 0 Å². The van der Waals surface area contributed by atoms with Gasteiger partial charge in [0.1, 0.15) is 0 Å². The van der Waals surface area contributed by atoms with E-state index < -0.39 is 5.97 Å². The van der Waals surface area contributed by atoms with Crippen LogP contribution in [0.5, 0.6) is 0 Å². The summed E-state index contributed by atoms with van der Waals surface area (Å²) in [4.78, 5) is 9.24. The van der Waals surface area contributed by atoms with Crippen molar-refractivity contribution in [3.05, 3.63) is 0 Å². The predicted octanol–water partition coefficient (Wildman–Crippen LogP) is 1.47. The maximum atomic E-state index is 9.71. The maximum Gasteiger partial charge on any atom is 0.317 e. The maximum absolute atomic E-state index is 9.71. The van der Waals surface area contributed by atoms with Crippen LogP contribution in [0.2, 0.25) is 0 Å². The van der Waals surface area contributed by atoms with Crippen LogP contribution < -0.4 is 5.73 Å². The van der Waals surface area contributed by atoms with Crippen molar-refractivity contribution in [2.45, 2.75) is 46.1 Å². The van der Waals surface area contributed by atoms with Gasteiger partial charge in [0.15, 0.2) is 0 Å². The molecule has 1 aliphatic rings. The molecule has 0 aromatic carbocycles. The largest absolute Gasteiger partial charge is 0.480 e. The Labute approximate surface area is 97.8 Å². The lowest BCUT2D eigenvalue weighted by Crippen LogP contribution is -2.31. The lowest BCUT2D eigenvalue weighted by Gasteiger charge is -2.33. The highest BCUT2D eigenvalue weighted by atomic mass is 16.4. The number of nitrogens with two attached hydrogens (primary N) is 1. The summed E-state index contributed by atoms with van der Waals surface area (Å²) in [6.07, 6.45) is 3.52. The van der Waals surface area contributed by atoms with Gasteiger partial charge < -0.3 is 15.9 Å². The summed E-state index contributed by atoms with van der Waals surface area (Å²) in [5.41, 5.74) is 4.57. The second-order valence-electron chi connectivity index (χ2n) is 4.99. The molecule has 0 amide bonds. The number of hydrogen-bond donors (Lipinski definition) is 3. The fourth-order valence-electron chi connectivity index (χ4n) is 2.15. The highest BCUT2D eigenvalue weighted by Crippen LogP contribution is 2.33. The van der Waals surface area contributed by atoms with E-state index in [9.17, 15) is 9.90 Å². The molecule has 0 aromatic rings. The van der Waals surface area contributed by atoms with Crippen molar-refractivity contribution in [3.63, 3.8) is 0 Å². The molecule has 0 heterocycles. The van der Waals surface area contributed by atoms with Gasteiger partial charge in [-0.1, -0.05) is 27.2 Å². The van der Waals surface area contributed by atoms with E-state index in [2.05, 4.69) is 26.5 Å². The number of aliphatic hydroxyl groups is 1. The molecular formula is C12H25NO3. The van der Waals surface area contributed by atoms with E-state index >= 15 is 0 Å². The standard InChI is InChI=1S/C10H20O.C2H5NO2/c1-7(2)9-5-4-8(3)6-10(9)11;3-1-2(4)5/h7-11H,4-6H2,1-3H3;1,3H2,(H,4,5). The van der Waals surface area contributed by atoms with Crippen LogP contribution in [0, 0.1) is 17.8 Å². The molecule has 0 saturated heterocycles. The fraction of sp³-hybridized carbons (Fsp3) is 0.917. The lowest BCUT2D eigenvalue weighted by atomic mass is 9.75. The topological polar surface area (TPSA) is 83.5 Å². The van der Waals surface area contributed by atoms with Gasteiger partial charge >= 0.3 is 5.97 Å². The van der Waals surface area contributed by atoms with Crippen molar-refractivity contribution >= 4 is 5.97 Å². The molecule has 1 rings (SSSR count). The van der Waals surface area contributed by atoms with Crippen molar-refractivity contribution in [1.82, 2.24) is 0 Å². The Morgan fingerprint density at radius 3 is 2.25 bits per heavy atom. The Morgan fingerprint density at radius 2 is 1.94 bits per heavy atom. The number of hydrogen-bond acceptors (Lipinski definition) is 3. The summed E-state index contributed by atoms with van der Waals surface area (Å²) in [6, 6.07) is 0. The average Bonchev–Trinajstić information content (AvgIpc) is 2.17. The normalized spacial score (nSPS) is 29.5. The first-order valence-electron chi connectivity index (χ1n) is 5.98. The zero-order chi connectivity index (χ0) is 12.7. The molecule has 0 aliphatic heterocycles. The summed E-state index contributed by atoms with van der Waals surface area (Å²) < 4.78 is 0. The van der Waals surface area contributed by atoms with Crippen molar-refractivity contribution in [2.24, 2.45) is 23.5 Å². The molecule has 3 unspecified atom stereocenters. The summed E-state index contributed by atoms with van der Waals surface area (Å²) in [7, 11) is 0. The minimum Gasteiger partial charge on any atom is -0.480 e. The summed E-state index contributed by atoms with van der Waals surface area (Å²) in [5.74, 6) is 0.980. The van der Waals surface area contributed by atoms with E-state index in [0.29, 0.717) is 11.8 Å². The molecule has 0 radical (unpaired) electrons. The molecule has 16 heavy (non-hydrogen) atoms. The van der Waals surface area contributed by atoms with Gasteiger partial charge in [-0.05, 0) is 30.6 Å². The fourth-order valence-corrected chi connectivity index (χ4v) is 2.15. The third kappa shape index (κ3) is 6.08. The molecule has 1 aliphatic carbocycles. The first-order chi connectivity index (χ1) is 7.38. The molecule has 0 bridgehead atoms. The molecule has 4 N–H and O–H groups in total. The Kier molecular flexibility index (Phi) is 7.34. The monoisotopic (exact) mass is 231 g/mol. The number of carboxylic acids is 1. The molecule has 96 valence electrons. The van der Waals surface area contributed by atoms with Crippen LogP contribution in [0.1, 0.15) is 40.0 Å². The van der Waals surface area contributed by atoms with E-state index in [4.69, 9.17) is 5.11 Å². The molecule has 1 fully saturated rings. The minimum atomic E-state index is -0.968. The van der Waals surface area contributed by atoms with Crippen LogP contribution in [0.4, 0.5) is 0 Å². The van der Waals surface area contributed by atoms with Crippen LogP contribution in [-0.4, -0.2) is 28.8 Å². The van der Waals surface area contributed by atoms with E-state index in [1.54, 1.807) is 0 Å². The Morgan fingerprint density at radius 1 is 1.44 bits per heavy atom. The van der Waals surface area contributed by atoms with E-state index in [-0.39, 0.29) is 12.6 Å². The molecular weight excluding hydrogens is 206 g/mol. The lowest BCUT2D eigenvalue weighted by molar-refractivity contribution is -0.135. The highest BCUT2D eigenvalue weighted by Gasteiger charge is 2.28. The first kappa shape index (κ1) is 15.4. The quantitative estimate of drug-likeness (QED) is 0.672. The number of carbonyl (C=O) groups is 1. The van der Waals surface area contributed by atoms with Crippen LogP contribution in [0.25, 0.3) is 0 Å². The van der Waals surface area contributed by atoms with Crippen LogP contribution in [0.15, 0.2) is 0 Å². The molecule has 0 spiro atoms. The van der Waals surface area contributed by atoms with E-state index in [1.165, 1.54) is 12.8 Å². The number of carboxylic acid groups (broad SMARTS) is 1. The summed E-state index contributed by atoms with van der Waals surface area (Å²) in [6.45, 7) is 6.38. The van der Waals surface area contributed by atoms with Crippen LogP contribution in [-0.2, 0) is 4.79 Å². The Hall–Kier alpha value is -0.610. The highest BCUT2D eigenvalue weighted by molar-refractivity contribution is 5.68. The third-order valence-electron chi connectivity index (χ3n) is 3.16. The second-order valence-corrected chi connectivity index (χ2v) is 4.99. The summed E-state index contributed by atoms with van der Waals surface area (Å²) in [5, 5.41) is 17.3. The van der Waals surface area contributed by atoms with Gasteiger partial charge in [-0.2, -0.15) is 0 Å². The SMILES string of the molecule is CC1CCC(C(C)C)C(O)C1.NCC(=O)O. The zero-order valence-corrected chi connectivity index (χ0v) is 10.5. The average molecular weight is 231 g/mol. The van der Waals surface area contributed by atoms with Crippen LogP contribution >= 0.6 is 0 Å². The molecule has 0 aromatic heterocycles. The van der Waals surface area contributed by atoms with Gasteiger partial charge in [0.25, 0.3) is 0 Å². The minimum absolute atomic E-state index is 0.0289. The third-order valence-corrected chi connectivity index (χ3v) is 3.16. The van der Waals surface area contributed by atoms with E-state index in [0.717, 1.165) is 12.3 Å². The van der Waals surface area contributed by atoms with Crippen molar-refractivity contribution in [1.29, 1.82) is 0 Å². The second kappa shape index (κ2) is 7.63. The smallest absolute Gasteiger partial charge is 0.317 e. The van der Waals surface area contributed by atoms with E-state index in [1.807, 2.05) is 0 Å². The molecule has 1 saturated carbocycles. The number of aliphatic hydroxyl groups excluding tert-OH is 1. The molecule has 4 nitrogen and oxygen atoms in total. The molecule has 3 atom stereocenters. The number of aliphatic carboxylic acids is 1. The van der Waals surface area contributed by atoms with Crippen molar-refractivity contribution in [3.8, 4) is 0 Å². The van der Waals surface area contributed by atoms with Crippen molar-refractivity contribution < 1.29 is 15.0 Å². The molecule has 4 heteroatoms. The zero-order valence-electron chi connectivity index (χ0n) is 10.5. The summed E-state index contributed by atoms with van der Waals surface area (Å²) >= 11 is 0. The van der Waals surface area contributed by atoms with Gasteiger partial charge in [0.05, 0.1) is 12.6 Å². The first-order valence-corrected chi connectivity index (χ1v) is 5.98. The van der Waals surface area contributed by atoms with Crippen LogP contribution in [0.3, 0.4) is 0 Å². The Balaban J connectivity index is 0.000000385. The van der Waals surface area contributed by atoms with Gasteiger partial charge in [-0.25, -0.2) is 0 Å². The number of rotatable bonds is 2. The predicted molar refractivity (Wildman–Crippen MR) is 64.0 cm³/mol. The Bertz CT molecular complexity index is 206. The van der Waals surface area contributed by atoms with Gasteiger partial charge in [-0.3, -0.25) is 4.79 Å². The van der Waals surface area contributed by atoms with Gasteiger partial charge in [-0.15, -0.1) is 0 Å². The van der Waals surface area contributed by atoms with Gasteiger partial charge in [0.2, 0.25) is 0 Å². The van der Waals surface area contributed by atoms with Crippen molar-refractivity contribution in [2.75, 3.05) is 6.54 Å².